The summed E-state index contributed by atoms with van der Waals surface area (Å²) in [6, 6.07) is 4.56. The smallest absolute Gasteiger partial charge is 0.270 e. The monoisotopic (exact) mass is 438 g/mol. The van der Waals surface area contributed by atoms with E-state index in [0.29, 0.717) is 44.2 Å². The maximum Gasteiger partial charge on any atom is 0.270 e. The quantitative estimate of drug-likeness (QED) is 0.491. The number of hydrogen-bond donors (Lipinski definition) is 0. The minimum Gasteiger partial charge on any atom is -0.371 e. The molecule has 1 amide bonds. The van der Waals surface area contributed by atoms with E-state index in [1.165, 1.54) is 18.4 Å². The third-order valence-corrected chi connectivity index (χ3v) is 6.91. The molecule has 1 aromatic rings. The lowest BCUT2D eigenvalue weighted by molar-refractivity contribution is -0.384. The summed E-state index contributed by atoms with van der Waals surface area (Å²) >= 11 is 0. The van der Waals surface area contributed by atoms with E-state index >= 15 is 0 Å². The largest absolute Gasteiger partial charge is 0.371 e. The summed E-state index contributed by atoms with van der Waals surface area (Å²) < 4.78 is 22.8. The average Bonchev–Trinajstić information content (AvgIpc) is 2.72. The number of carbonyl (C=O) groups excluding carboxylic acids is 1. The molecule has 0 radical (unpaired) electrons. The minimum atomic E-state index is -3.02. The number of piperidine rings is 1. The Morgan fingerprint density at radius 3 is 2.33 bits per heavy atom. The van der Waals surface area contributed by atoms with Crippen molar-refractivity contribution in [1.29, 1.82) is 0 Å². The molecule has 0 unspecified atom stereocenters. The van der Waals surface area contributed by atoms with Gasteiger partial charge in [-0.1, -0.05) is 6.92 Å². The number of nitro groups is 1. The van der Waals surface area contributed by atoms with Gasteiger partial charge in [-0.3, -0.25) is 19.8 Å². The Hall–Kier alpha value is -2.20. The summed E-state index contributed by atoms with van der Waals surface area (Å²) in [6.07, 6.45) is 3.28. The van der Waals surface area contributed by atoms with Crippen LogP contribution in [0.2, 0.25) is 0 Å². The summed E-state index contributed by atoms with van der Waals surface area (Å²) in [7, 11) is -3.02. The third kappa shape index (κ3) is 5.69. The number of sulfone groups is 1. The number of carbonyl (C=O) groups is 1. The Kier molecular flexibility index (Phi) is 6.97. The summed E-state index contributed by atoms with van der Waals surface area (Å²) in [5.41, 5.74) is 1.06. The van der Waals surface area contributed by atoms with Gasteiger partial charge < -0.3 is 9.80 Å². The molecule has 0 aromatic heterocycles. The lowest BCUT2D eigenvalue weighted by Crippen LogP contribution is -2.49. The molecule has 0 bridgehead atoms. The number of benzene rings is 1. The summed E-state index contributed by atoms with van der Waals surface area (Å²) in [6.45, 7) is 6.46. The Bertz CT molecular complexity index is 888. The molecular weight excluding hydrogens is 408 g/mol. The molecule has 0 spiro atoms. The number of rotatable bonds is 6. The van der Waals surface area contributed by atoms with Crippen molar-refractivity contribution in [3.05, 3.63) is 33.9 Å². The van der Waals surface area contributed by atoms with E-state index in [9.17, 15) is 23.3 Å². The highest BCUT2D eigenvalue weighted by Crippen LogP contribution is 2.30. The summed E-state index contributed by atoms with van der Waals surface area (Å²) in [5, 5.41) is 11.3. The Morgan fingerprint density at radius 1 is 1.13 bits per heavy atom. The molecule has 0 atom stereocenters. The van der Waals surface area contributed by atoms with Crippen molar-refractivity contribution in [2.24, 2.45) is 5.92 Å². The normalized spacial score (nSPS) is 19.1. The van der Waals surface area contributed by atoms with Crippen LogP contribution in [0.4, 0.5) is 11.4 Å². The molecule has 3 rings (SSSR count). The van der Waals surface area contributed by atoms with Crippen molar-refractivity contribution in [2.45, 2.75) is 19.8 Å². The van der Waals surface area contributed by atoms with Gasteiger partial charge in [0.2, 0.25) is 0 Å². The Morgan fingerprint density at radius 2 is 1.77 bits per heavy atom. The van der Waals surface area contributed by atoms with Gasteiger partial charge in [-0.2, -0.15) is 0 Å². The highest BCUT2D eigenvalue weighted by atomic mass is 32.2. The van der Waals surface area contributed by atoms with Crippen LogP contribution in [0.1, 0.15) is 30.1 Å². The number of non-ortho nitro benzene ring substituents is 1. The maximum atomic E-state index is 13.3. The maximum absolute atomic E-state index is 13.3. The fraction of sp³-hybridized carbons (Fsp3) is 0.650. The second-order valence-electron chi connectivity index (χ2n) is 8.39. The highest BCUT2D eigenvalue weighted by molar-refractivity contribution is 7.90. The molecule has 30 heavy (non-hydrogen) atoms. The van der Waals surface area contributed by atoms with E-state index in [0.717, 1.165) is 31.6 Å². The predicted molar refractivity (Wildman–Crippen MR) is 116 cm³/mol. The van der Waals surface area contributed by atoms with Gasteiger partial charge in [0.05, 0.1) is 21.9 Å². The topological polar surface area (TPSA) is 104 Å². The van der Waals surface area contributed by atoms with Crippen LogP contribution in [0.3, 0.4) is 0 Å². The van der Waals surface area contributed by atoms with Gasteiger partial charge in [-0.05, 0) is 24.8 Å². The fourth-order valence-electron chi connectivity index (χ4n) is 3.97. The summed E-state index contributed by atoms with van der Waals surface area (Å²) in [5.74, 6) is 0.539. The second-order valence-corrected chi connectivity index (χ2v) is 10.7. The zero-order valence-electron chi connectivity index (χ0n) is 17.6. The first-order valence-corrected chi connectivity index (χ1v) is 12.4. The van der Waals surface area contributed by atoms with E-state index in [4.69, 9.17) is 0 Å². The molecule has 2 aliphatic rings. The highest BCUT2D eigenvalue weighted by Gasteiger charge is 2.28. The van der Waals surface area contributed by atoms with Gasteiger partial charge in [-0.25, -0.2) is 8.42 Å². The number of anilines is 1. The van der Waals surface area contributed by atoms with Crippen molar-refractivity contribution < 1.29 is 18.1 Å². The van der Waals surface area contributed by atoms with E-state index in [1.54, 1.807) is 11.0 Å². The SMILES string of the molecule is CC1CCN(c2ccc([N+](=O)[O-])cc2C(=O)N2CCN(CCS(C)(=O)=O)CC2)CC1. The van der Waals surface area contributed by atoms with E-state index in [1.807, 2.05) is 4.90 Å². The zero-order valence-corrected chi connectivity index (χ0v) is 18.4. The first kappa shape index (κ1) is 22.5. The number of amides is 1. The van der Waals surface area contributed by atoms with Gasteiger partial charge in [0.15, 0.2) is 0 Å². The van der Waals surface area contributed by atoms with Crippen molar-refractivity contribution >= 4 is 27.1 Å². The van der Waals surface area contributed by atoms with Gasteiger partial charge in [0.1, 0.15) is 9.84 Å². The number of hydrogen-bond acceptors (Lipinski definition) is 7. The molecule has 2 fully saturated rings. The predicted octanol–water partition coefficient (Wildman–Crippen LogP) is 1.63. The molecule has 2 heterocycles. The Balaban J connectivity index is 1.74. The standard InChI is InChI=1S/C20H30N4O5S/c1-16-5-7-22(8-6-16)19-4-3-17(24(26)27)15-18(19)20(25)23-11-9-21(10-12-23)13-14-30(2,28)29/h3-4,15-16H,5-14H2,1-2H3. The molecule has 0 saturated carbocycles. The Labute approximate surface area is 177 Å². The molecule has 166 valence electrons. The van der Waals surface area contributed by atoms with Crippen LogP contribution in [0.25, 0.3) is 0 Å². The lowest BCUT2D eigenvalue weighted by atomic mass is 9.97. The molecule has 2 aliphatic heterocycles. The molecule has 1 aromatic carbocycles. The number of nitrogens with zero attached hydrogens (tertiary/aromatic N) is 4. The third-order valence-electron chi connectivity index (χ3n) is 5.98. The minimum absolute atomic E-state index is 0.0840. The second kappa shape index (κ2) is 9.30. The van der Waals surface area contributed by atoms with E-state index in [-0.39, 0.29) is 17.3 Å². The molecule has 9 nitrogen and oxygen atoms in total. The van der Waals surface area contributed by atoms with Crippen molar-refractivity contribution in [1.82, 2.24) is 9.80 Å². The van der Waals surface area contributed by atoms with Gasteiger partial charge >= 0.3 is 0 Å². The van der Waals surface area contributed by atoms with Gasteiger partial charge in [0.25, 0.3) is 11.6 Å². The van der Waals surface area contributed by atoms with Crippen molar-refractivity contribution in [2.75, 3.05) is 62.7 Å². The van der Waals surface area contributed by atoms with Gasteiger partial charge in [0, 0.05) is 64.2 Å². The van der Waals surface area contributed by atoms with Crippen LogP contribution in [0.15, 0.2) is 18.2 Å². The molecular formula is C20H30N4O5S. The van der Waals surface area contributed by atoms with Crippen LogP contribution >= 0.6 is 0 Å². The van der Waals surface area contributed by atoms with Crippen LogP contribution in [0, 0.1) is 16.0 Å². The van der Waals surface area contributed by atoms with Crippen molar-refractivity contribution in [3.63, 3.8) is 0 Å². The molecule has 10 heteroatoms. The average molecular weight is 439 g/mol. The zero-order chi connectivity index (χ0) is 21.9. The van der Waals surface area contributed by atoms with E-state index < -0.39 is 14.8 Å². The number of piperazine rings is 1. The van der Waals surface area contributed by atoms with E-state index in [2.05, 4.69) is 11.8 Å². The van der Waals surface area contributed by atoms with Crippen LogP contribution in [-0.2, 0) is 9.84 Å². The van der Waals surface area contributed by atoms with Crippen LogP contribution in [-0.4, -0.2) is 86.9 Å². The van der Waals surface area contributed by atoms with Crippen LogP contribution in [0.5, 0.6) is 0 Å². The molecule has 0 N–H and O–H groups in total. The first-order valence-electron chi connectivity index (χ1n) is 10.4. The van der Waals surface area contributed by atoms with Crippen LogP contribution < -0.4 is 4.90 Å². The lowest BCUT2D eigenvalue weighted by Gasteiger charge is -2.36. The molecule has 0 aliphatic carbocycles. The number of nitro benzene ring substituents is 1. The van der Waals surface area contributed by atoms with Crippen molar-refractivity contribution in [3.8, 4) is 0 Å². The molecule has 2 saturated heterocycles. The fourth-order valence-corrected chi connectivity index (χ4v) is 4.56. The van der Waals surface area contributed by atoms with Gasteiger partial charge in [-0.15, -0.1) is 0 Å². The summed E-state index contributed by atoms with van der Waals surface area (Å²) in [4.78, 5) is 30.0. The first-order chi connectivity index (χ1) is 14.1.